The summed E-state index contributed by atoms with van der Waals surface area (Å²) in [5.74, 6) is -0.529. The Morgan fingerprint density at radius 1 is 0.508 bits per heavy atom. The lowest BCUT2D eigenvalue weighted by Crippen LogP contribution is -2.46. The van der Waals surface area contributed by atoms with Crippen molar-refractivity contribution in [1.29, 1.82) is 0 Å². The van der Waals surface area contributed by atoms with Gasteiger partial charge in [-0.3, -0.25) is 9.59 Å². The van der Waals surface area contributed by atoms with E-state index in [2.05, 4.69) is 86.8 Å². The third-order valence-corrected chi connectivity index (χ3v) is 11.6. The van der Waals surface area contributed by atoms with Gasteiger partial charge in [-0.05, 0) is 83.5 Å². The van der Waals surface area contributed by atoms with Crippen molar-refractivity contribution in [2.45, 2.75) is 270 Å². The van der Waals surface area contributed by atoms with Gasteiger partial charge in [0.05, 0.1) is 25.2 Å². The SMILES string of the molecule is CC/C=C/C/C=C/C/C=C/CCCCC(CC(=O)NC(CO)C(O)CCCCCCCCCCCCCC)OC(=O)CCCCCCC/C=C/C=C/CCCCCCCCC. The van der Waals surface area contributed by atoms with Crippen LogP contribution in [0.2, 0.25) is 0 Å². The molecule has 3 N–H and O–H groups in total. The molecule has 1 amide bonds. The Morgan fingerprint density at radius 3 is 1.46 bits per heavy atom. The summed E-state index contributed by atoms with van der Waals surface area (Å²) in [7, 11) is 0. The van der Waals surface area contributed by atoms with E-state index >= 15 is 0 Å². The molecule has 6 heteroatoms. The number of allylic oxidation sites excluding steroid dienone is 10. The maximum atomic E-state index is 13.2. The number of rotatable bonds is 46. The summed E-state index contributed by atoms with van der Waals surface area (Å²) >= 11 is 0. The van der Waals surface area contributed by atoms with Crippen molar-refractivity contribution in [3.05, 3.63) is 60.8 Å². The molecule has 0 aliphatic carbocycles. The smallest absolute Gasteiger partial charge is 0.306 e. The summed E-state index contributed by atoms with van der Waals surface area (Å²) in [5, 5.41) is 23.7. The number of esters is 1. The quantitative estimate of drug-likeness (QED) is 0.0245. The Morgan fingerprint density at radius 2 is 0.934 bits per heavy atom. The second-order valence-electron chi connectivity index (χ2n) is 17.6. The number of ether oxygens (including phenoxy) is 1. The van der Waals surface area contributed by atoms with Gasteiger partial charge < -0.3 is 20.3 Å². The predicted octanol–water partition coefficient (Wildman–Crippen LogP) is 15.6. The number of carbonyl (C=O) groups is 2. The van der Waals surface area contributed by atoms with Gasteiger partial charge >= 0.3 is 5.97 Å². The van der Waals surface area contributed by atoms with Crippen molar-refractivity contribution >= 4 is 11.9 Å². The Labute approximate surface area is 378 Å². The molecule has 0 radical (unpaired) electrons. The molecule has 0 spiro atoms. The van der Waals surface area contributed by atoms with Gasteiger partial charge in [0.1, 0.15) is 6.10 Å². The Hall–Kier alpha value is -2.44. The van der Waals surface area contributed by atoms with Crippen molar-refractivity contribution in [2.75, 3.05) is 6.61 Å². The summed E-state index contributed by atoms with van der Waals surface area (Å²) in [6.45, 7) is 6.35. The highest BCUT2D eigenvalue weighted by atomic mass is 16.5. The van der Waals surface area contributed by atoms with E-state index in [0.717, 1.165) is 96.3 Å². The van der Waals surface area contributed by atoms with Crippen LogP contribution in [0.25, 0.3) is 0 Å². The molecule has 3 atom stereocenters. The molecule has 6 nitrogen and oxygen atoms in total. The van der Waals surface area contributed by atoms with E-state index in [9.17, 15) is 19.8 Å². The summed E-state index contributed by atoms with van der Waals surface area (Å²) in [4.78, 5) is 26.1. The molecule has 0 fully saturated rings. The Balaban J connectivity index is 4.60. The molecular weight excluding hydrogens is 755 g/mol. The van der Waals surface area contributed by atoms with E-state index < -0.39 is 18.2 Å². The van der Waals surface area contributed by atoms with E-state index in [0.29, 0.717) is 19.3 Å². The number of hydrogen-bond donors (Lipinski definition) is 3. The van der Waals surface area contributed by atoms with Crippen LogP contribution in [0.5, 0.6) is 0 Å². The van der Waals surface area contributed by atoms with Gasteiger partial charge in [-0.1, -0.05) is 216 Å². The number of aliphatic hydroxyl groups excluding tert-OH is 2. The van der Waals surface area contributed by atoms with Crippen LogP contribution in [0, 0.1) is 0 Å². The lowest BCUT2D eigenvalue weighted by molar-refractivity contribution is -0.151. The highest BCUT2D eigenvalue weighted by Gasteiger charge is 2.24. The van der Waals surface area contributed by atoms with Crippen molar-refractivity contribution in [3.8, 4) is 0 Å². The maximum absolute atomic E-state index is 13.2. The maximum Gasteiger partial charge on any atom is 0.306 e. The first-order valence-electron chi connectivity index (χ1n) is 26.0. The molecule has 0 rings (SSSR count). The topological polar surface area (TPSA) is 95.9 Å². The van der Waals surface area contributed by atoms with Crippen molar-refractivity contribution in [3.63, 3.8) is 0 Å². The fraction of sp³-hybridized carbons (Fsp3) is 0.782. The van der Waals surface area contributed by atoms with Crippen LogP contribution in [-0.2, 0) is 14.3 Å². The summed E-state index contributed by atoms with van der Waals surface area (Å²) in [5.41, 5.74) is 0. The fourth-order valence-corrected chi connectivity index (χ4v) is 7.67. The predicted molar refractivity (Wildman–Crippen MR) is 264 cm³/mol. The van der Waals surface area contributed by atoms with E-state index in [4.69, 9.17) is 4.74 Å². The molecule has 0 aromatic carbocycles. The van der Waals surface area contributed by atoms with E-state index in [1.807, 2.05) is 0 Å². The first-order valence-corrected chi connectivity index (χ1v) is 26.0. The van der Waals surface area contributed by atoms with Gasteiger partial charge in [0, 0.05) is 6.42 Å². The minimum Gasteiger partial charge on any atom is -0.462 e. The van der Waals surface area contributed by atoms with Gasteiger partial charge in [0.25, 0.3) is 0 Å². The molecule has 0 aromatic rings. The van der Waals surface area contributed by atoms with E-state index in [1.165, 1.54) is 109 Å². The van der Waals surface area contributed by atoms with Gasteiger partial charge in [-0.25, -0.2) is 0 Å². The average molecular weight is 854 g/mol. The molecule has 0 bridgehead atoms. The van der Waals surface area contributed by atoms with Crippen LogP contribution >= 0.6 is 0 Å². The van der Waals surface area contributed by atoms with Gasteiger partial charge in [-0.2, -0.15) is 0 Å². The third-order valence-electron chi connectivity index (χ3n) is 11.6. The molecule has 0 aliphatic heterocycles. The number of aliphatic hydroxyl groups is 2. The van der Waals surface area contributed by atoms with Crippen LogP contribution < -0.4 is 5.32 Å². The first kappa shape index (κ1) is 58.6. The van der Waals surface area contributed by atoms with Crippen LogP contribution in [0.4, 0.5) is 0 Å². The highest BCUT2D eigenvalue weighted by molar-refractivity contribution is 5.77. The van der Waals surface area contributed by atoms with Gasteiger partial charge in [-0.15, -0.1) is 0 Å². The minimum atomic E-state index is -0.801. The molecule has 61 heavy (non-hydrogen) atoms. The standard InChI is InChI=1S/C55H99NO5/c1-4-7-10-13-16-19-22-25-26-27-28-29-30-33-36-39-42-45-48-55(60)61-51(46-43-40-37-34-31-23-20-17-14-11-8-5-2)49-54(59)56-52(50-57)53(58)47-44-41-38-35-32-24-21-18-15-12-9-6-3/h8,11,17,20,26-29,31,34,51-53,57-58H,4-7,9-10,12-16,18-19,21-25,30,32-33,35-50H2,1-3H3,(H,56,59)/b11-8+,20-17+,27-26+,29-28+,34-31+. The lowest BCUT2D eigenvalue weighted by Gasteiger charge is -2.24. The van der Waals surface area contributed by atoms with E-state index in [-0.39, 0.29) is 24.9 Å². The second-order valence-corrected chi connectivity index (χ2v) is 17.6. The van der Waals surface area contributed by atoms with Crippen molar-refractivity contribution in [1.82, 2.24) is 5.32 Å². The van der Waals surface area contributed by atoms with Crippen LogP contribution in [-0.4, -0.2) is 46.9 Å². The Bertz CT molecular complexity index is 1090. The van der Waals surface area contributed by atoms with Gasteiger partial charge in [0.2, 0.25) is 5.91 Å². The monoisotopic (exact) mass is 854 g/mol. The van der Waals surface area contributed by atoms with Crippen LogP contribution in [0.15, 0.2) is 60.8 Å². The molecule has 0 aliphatic rings. The third kappa shape index (κ3) is 44.0. The molecule has 0 saturated heterocycles. The highest BCUT2D eigenvalue weighted by Crippen LogP contribution is 2.17. The zero-order valence-corrected chi connectivity index (χ0v) is 40.3. The van der Waals surface area contributed by atoms with Crippen LogP contribution in [0.1, 0.15) is 252 Å². The lowest BCUT2D eigenvalue weighted by atomic mass is 10.0. The summed E-state index contributed by atoms with van der Waals surface area (Å²) < 4.78 is 5.91. The molecule has 3 unspecified atom stereocenters. The number of carbonyl (C=O) groups excluding carboxylic acids is 2. The molecular formula is C55H99NO5. The van der Waals surface area contributed by atoms with Gasteiger partial charge in [0.15, 0.2) is 0 Å². The Kier molecular flexibility index (Phi) is 46.6. The zero-order valence-electron chi connectivity index (χ0n) is 40.3. The second kappa shape index (κ2) is 48.6. The fourth-order valence-electron chi connectivity index (χ4n) is 7.67. The average Bonchev–Trinajstić information content (AvgIpc) is 3.25. The summed E-state index contributed by atoms with van der Waals surface area (Å²) in [6.07, 6.45) is 60.0. The van der Waals surface area contributed by atoms with Crippen molar-refractivity contribution in [2.24, 2.45) is 0 Å². The molecule has 0 aromatic heterocycles. The largest absolute Gasteiger partial charge is 0.462 e. The first-order chi connectivity index (χ1) is 30.0. The summed E-state index contributed by atoms with van der Waals surface area (Å²) in [6, 6.07) is -0.718. The minimum absolute atomic E-state index is 0.0442. The molecule has 354 valence electrons. The van der Waals surface area contributed by atoms with Crippen LogP contribution in [0.3, 0.4) is 0 Å². The number of amides is 1. The molecule has 0 heterocycles. The number of hydrogen-bond acceptors (Lipinski definition) is 5. The zero-order chi connectivity index (χ0) is 44.5. The van der Waals surface area contributed by atoms with E-state index in [1.54, 1.807) is 0 Å². The number of unbranched alkanes of at least 4 members (excludes halogenated alkanes) is 25. The molecule has 0 saturated carbocycles. The number of nitrogens with one attached hydrogen (secondary N) is 1. The normalized spacial score (nSPS) is 13.7. The van der Waals surface area contributed by atoms with Crippen molar-refractivity contribution < 1.29 is 24.5 Å².